The number of carboxylic acids is 1. The first-order valence-electron chi connectivity index (χ1n) is 16.0. The van der Waals surface area contributed by atoms with E-state index < -0.39 is 12.0 Å². The van der Waals surface area contributed by atoms with Crippen LogP contribution in [0.4, 0.5) is 0 Å². The van der Waals surface area contributed by atoms with E-state index in [0.29, 0.717) is 43.9 Å². The number of carboxylic acid groups (broad SMARTS) is 1. The van der Waals surface area contributed by atoms with Crippen molar-refractivity contribution in [2.24, 2.45) is 0 Å². The number of hydrogen-bond acceptors (Lipinski definition) is 5. The van der Waals surface area contributed by atoms with Crippen LogP contribution in [0, 0.1) is 0 Å². The van der Waals surface area contributed by atoms with Gasteiger partial charge >= 0.3 is 5.97 Å². The summed E-state index contributed by atoms with van der Waals surface area (Å²) in [6.07, 6.45) is 38.0. The van der Waals surface area contributed by atoms with Gasteiger partial charge < -0.3 is 15.7 Å². The number of unbranched alkanes of at least 4 members (excludes halogenated alkanes) is 1. The quantitative estimate of drug-likeness (QED) is 0.0531. The Morgan fingerprint density at radius 1 is 0.767 bits per heavy atom. The minimum atomic E-state index is -1.03. The van der Waals surface area contributed by atoms with Crippen molar-refractivity contribution < 1.29 is 19.5 Å². The van der Waals surface area contributed by atoms with E-state index >= 15 is 0 Å². The second-order valence-electron chi connectivity index (χ2n) is 10.5. The van der Waals surface area contributed by atoms with Crippen molar-refractivity contribution >= 4 is 39.4 Å². The molecule has 0 aromatic rings. The molecule has 1 fully saturated rings. The van der Waals surface area contributed by atoms with Crippen molar-refractivity contribution in [3.63, 3.8) is 0 Å². The number of rotatable bonds is 25. The van der Waals surface area contributed by atoms with Gasteiger partial charge in [-0.2, -0.15) is 0 Å². The zero-order valence-electron chi connectivity index (χ0n) is 26.1. The largest absolute Gasteiger partial charge is 0.480 e. The van der Waals surface area contributed by atoms with Crippen LogP contribution >= 0.6 is 21.6 Å². The molecule has 43 heavy (non-hydrogen) atoms. The van der Waals surface area contributed by atoms with E-state index in [1.165, 1.54) is 12.2 Å². The monoisotopic (exact) mass is 630 g/mol. The molecule has 0 aliphatic carbocycles. The summed E-state index contributed by atoms with van der Waals surface area (Å²) in [6, 6.07) is -0.912. The normalized spacial score (nSPS) is 16.5. The first-order chi connectivity index (χ1) is 21.0. The number of amides is 2. The standard InChI is InChI=1S/C35H54N2O4S2/c1-2-3-4-5-6-7-8-9-10-11-12-13-14-15-16-17-18-19-20-26-33(38)36-29-23-25-32(35(40)41)37-34(39)27-22-21-24-31-28-30-42-43-31/h3-4,6-7,9-10,12-13,15-16,18-19,31-32H,2,5,8,11,14,17,20-30H2,1H3,(H,36,38)(H,37,39)(H,40,41)/b4-3-,7-6-,10-9-,13-12-,16-15-,19-18-/t31-,32+/m1/s1. The van der Waals surface area contributed by atoms with E-state index in [-0.39, 0.29) is 11.8 Å². The van der Waals surface area contributed by atoms with Gasteiger partial charge in [0.25, 0.3) is 0 Å². The number of carbonyl (C=O) groups is 3. The van der Waals surface area contributed by atoms with Gasteiger partial charge in [-0.05, 0) is 77.0 Å². The van der Waals surface area contributed by atoms with Crippen molar-refractivity contribution in [2.75, 3.05) is 12.3 Å². The fourth-order valence-electron chi connectivity index (χ4n) is 4.22. The lowest BCUT2D eigenvalue weighted by atomic mass is 10.1. The Morgan fingerprint density at radius 3 is 1.88 bits per heavy atom. The second kappa shape index (κ2) is 28.3. The van der Waals surface area contributed by atoms with Crippen LogP contribution < -0.4 is 10.6 Å². The van der Waals surface area contributed by atoms with Crippen LogP contribution in [0.3, 0.4) is 0 Å². The number of nitrogens with one attached hydrogen (secondary N) is 2. The first kappa shape index (κ1) is 38.6. The molecule has 1 aliphatic heterocycles. The predicted molar refractivity (Wildman–Crippen MR) is 186 cm³/mol. The molecule has 3 N–H and O–H groups in total. The number of carbonyl (C=O) groups excluding carboxylic acids is 2. The summed E-state index contributed by atoms with van der Waals surface area (Å²) < 4.78 is 0. The lowest BCUT2D eigenvalue weighted by Crippen LogP contribution is -2.41. The highest BCUT2D eigenvalue weighted by atomic mass is 33.1. The Morgan fingerprint density at radius 2 is 1.35 bits per heavy atom. The van der Waals surface area contributed by atoms with E-state index in [1.807, 2.05) is 27.7 Å². The molecule has 1 rings (SSSR count). The Hall–Kier alpha value is -2.45. The van der Waals surface area contributed by atoms with Gasteiger partial charge in [-0.3, -0.25) is 9.59 Å². The summed E-state index contributed by atoms with van der Waals surface area (Å²) in [5, 5.41) is 15.6. The van der Waals surface area contributed by atoms with Crippen LogP contribution in [0.1, 0.15) is 103 Å². The van der Waals surface area contributed by atoms with Gasteiger partial charge in [0.15, 0.2) is 0 Å². The Balaban J connectivity index is 2.02. The van der Waals surface area contributed by atoms with Crippen molar-refractivity contribution in [1.82, 2.24) is 10.6 Å². The van der Waals surface area contributed by atoms with Crippen LogP contribution in [0.25, 0.3) is 0 Å². The first-order valence-corrected chi connectivity index (χ1v) is 18.4. The smallest absolute Gasteiger partial charge is 0.326 e. The molecule has 8 heteroatoms. The zero-order chi connectivity index (χ0) is 31.2. The van der Waals surface area contributed by atoms with Gasteiger partial charge in [-0.15, -0.1) is 0 Å². The van der Waals surface area contributed by atoms with Crippen LogP contribution in [0.5, 0.6) is 0 Å². The predicted octanol–water partition coefficient (Wildman–Crippen LogP) is 8.64. The SMILES string of the molecule is CC/C=C\C/C=C\C/C=C\C/C=C\C/C=C\C/C=C\CCC(=O)NCCC[C@H](NC(=O)CCCC[C@@H]1CCSS1)C(=O)O. The van der Waals surface area contributed by atoms with Gasteiger partial charge in [0, 0.05) is 30.4 Å². The average Bonchev–Trinajstić information content (AvgIpc) is 3.51. The Labute approximate surface area is 268 Å². The lowest BCUT2D eigenvalue weighted by molar-refractivity contribution is -0.142. The molecule has 0 bridgehead atoms. The molecule has 6 nitrogen and oxygen atoms in total. The molecule has 2 atom stereocenters. The molecule has 1 aliphatic rings. The number of allylic oxidation sites excluding steroid dienone is 12. The van der Waals surface area contributed by atoms with Crippen LogP contribution in [-0.4, -0.2) is 46.5 Å². The van der Waals surface area contributed by atoms with Crippen molar-refractivity contribution in [1.29, 1.82) is 0 Å². The van der Waals surface area contributed by atoms with Crippen LogP contribution in [-0.2, 0) is 14.4 Å². The highest BCUT2D eigenvalue weighted by molar-refractivity contribution is 8.77. The molecule has 0 spiro atoms. The van der Waals surface area contributed by atoms with Crippen LogP contribution in [0.2, 0.25) is 0 Å². The molecule has 0 aromatic heterocycles. The fraction of sp³-hybridized carbons (Fsp3) is 0.571. The van der Waals surface area contributed by atoms with E-state index in [2.05, 4.69) is 84.4 Å². The molecule has 0 radical (unpaired) electrons. The molecule has 1 heterocycles. The molecular formula is C35H54N2O4S2. The third kappa shape index (κ3) is 24.7. The summed E-state index contributed by atoms with van der Waals surface area (Å²) in [6.45, 7) is 2.55. The van der Waals surface area contributed by atoms with Gasteiger partial charge in [-0.1, -0.05) is 108 Å². The topological polar surface area (TPSA) is 95.5 Å². The summed E-state index contributed by atoms with van der Waals surface area (Å²) in [5.74, 6) is -0.0766. The molecule has 1 saturated heterocycles. The second-order valence-corrected chi connectivity index (χ2v) is 13.3. The number of hydrogen-bond donors (Lipinski definition) is 3. The fourth-order valence-corrected chi connectivity index (χ4v) is 7.25. The van der Waals surface area contributed by atoms with E-state index in [1.54, 1.807) is 0 Å². The highest BCUT2D eigenvalue weighted by Crippen LogP contribution is 2.39. The maximum Gasteiger partial charge on any atom is 0.326 e. The summed E-state index contributed by atoms with van der Waals surface area (Å²) >= 11 is 0. The third-order valence-corrected chi connectivity index (χ3v) is 9.67. The third-order valence-electron chi connectivity index (χ3n) is 6.67. The van der Waals surface area contributed by atoms with Crippen LogP contribution in [0.15, 0.2) is 72.9 Å². The molecule has 240 valence electrons. The maximum absolute atomic E-state index is 12.2. The van der Waals surface area contributed by atoms with E-state index in [4.69, 9.17) is 0 Å². The molecule has 0 saturated carbocycles. The van der Waals surface area contributed by atoms with E-state index in [9.17, 15) is 19.5 Å². The van der Waals surface area contributed by atoms with Gasteiger partial charge in [-0.25, -0.2) is 4.79 Å². The molecular weight excluding hydrogens is 577 g/mol. The maximum atomic E-state index is 12.2. The highest BCUT2D eigenvalue weighted by Gasteiger charge is 2.20. The minimum absolute atomic E-state index is 0.0470. The summed E-state index contributed by atoms with van der Waals surface area (Å²) in [4.78, 5) is 35.8. The van der Waals surface area contributed by atoms with E-state index in [0.717, 1.165) is 57.8 Å². The van der Waals surface area contributed by atoms with Crippen molar-refractivity contribution in [3.8, 4) is 0 Å². The number of aliphatic carboxylic acids is 1. The average molecular weight is 631 g/mol. The van der Waals surface area contributed by atoms with Gasteiger partial charge in [0.2, 0.25) is 11.8 Å². The Kier molecular flexibility index (Phi) is 25.4. The van der Waals surface area contributed by atoms with Gasteiger partial charge in [0.05, 0.1) is 0 Å². The Bertz CT molecular complexity index is 934. The lowest BCUT2D eigenvalue weighted by Gasteiger charge is -2.15. The minimum Gasteiger partial charge on any atom is -0.480 e. The van der Waals surface area contributed by atoms with Crippen molar-refractivity contribution in [2.45, 2.75) is 115 Å². The molecule has 0 aromatic carbocycles. The summed E-state index contributed by atoms with van der Waals surface area (Å²) in [7, 11) is 3.86. The molecule has 0 unspecified atom stereocenters. The van der Waals surface area contributed by atoms with Gasteiger partial charge in [0.1, 0.15) is 6.04 Å². The molecule has 2 amide bonds. The zero-order valence-corrected chi connectivity index (χ0v) is 27.7. The summed E-state index contributed by atoms with van der Waals surface area (Å²) in [5.41, 5.74) is 0. The van der Waals surface area contributed by atoms with Crippen molar-refractivity contribution in [3.05, 3.63) is 72.9 Å².